The number of esters is 1. The number of aromatic nitrogens is 2. The van der Waals surface area contributed by atoms with E-state index in [1.807, 2.05) is 69.0 Å². The molecule has 0 aliphatic rings. The van der Waals surface area contributed by atoms with Gasteiger partial charge in [0.2, 0.25) is 0 Å². The molecule has 1 unspecified atom stereocenters. The summed E-state index contributed by atoms with van der Waals surface area (Å²) in [5, 5.41) is 2.02. The van der Waals surface area contributed by atoms with E-state index >= 15 is 0 Å². The van der Waals surface area contributed by atoms with Gasteiger partial charge in [0, 0.05) is 47.2 Å². The topological polar surface area (TPSA) is 87.1 Å². The molecule has 0 spiro atoms. The summed E-state index contributed by atoms with van der Waals surface area (Å²) in [7, 11) is 4.08. The van der Waals surface area contributed by atoms with Gasteiger partial charge in [-0.25, -0.2) is 4.79 Å². The normalized spacial score (nSPS) is 12.7. The number of fused-ring (bicyclic) bond motifs is 2. The van der Waals surface area contributed by atoms with E-state index in [9.17, 15) is 4.79 Å². The number of benzene rings is 2. The van der Waals surface area contributed by atoms with Crippen LogP contribution in [0.15, 0.2) is 54.9 Å². The highest BCUT2D eigenvalue weighted by atomic mass is 16.5. The van der Waals surface area contributed by atoms with Crippen LogP contribution < -0.4 is 10.5 Å². The molecule has 1 atom stereocenters. The summed E-state index contributed by atoms with van der Waals surface area (Å²) in [4.78, 5) is 21.4. The minimum absolute atomic E-state index is 0.416. The van der Waals surface area contributed by atoms with E-state index in [-0.39, 0.29) is 0 Å². The second-order valence-electron chi connectivity index (χ2n) is 7.64. The quantitative estimate of drug-likeness (QED) is 0.334. The number of nitrogens with zero attached hydrogens (tertiary/aromatic N) is 1. The van der Waals surface area contributed by atoms with Crippen LogP contribution in [0.1, 0.15) is 11.1 Å². The fraction of sp³-hybridized carbons (Fsp3) is 0.261. The van der Waals surface area contributed by atoms with E-state index in [1.54, 1.807) is 0 Å². The molecule has 2 heterocycles. The number of H-pyrrole nitrogens is 2. The molecule has 6 heteroatoms. The Kier molecular flexibility index (Phi) is 5.38. The lowest BCUT2D eigenvalue weighted by Gasteiger charge is -2.13. The van der Waals surface area contributed by atoms with Gasteiger partial charge in [-0.1, -0.05) is 24.3 Å². The molecule has 0 saturated carbocycles. The van der Waals surface area contributed by atoms with Crippen LogP contribution >= 0.6 is 0 Å². The van der Waals surface area contributed by atoms with Gasteiger partial charge < -0.3 is 25.3 Å². The van der Waals surface area contributed by atoms with Gasteiger partial charge in [-0.05, 0) is 49.8 Å². The summed E-state index contributed by atoms with van der Waals surface area (Å²) < 4.78 is 5.75. The number of carbonyl (C=O) groups is 1. The fourth-order valence-electron chi connectivity index (χ4n) is 3.65. The molecule has 0 bridgehead atoms. The number of likely N-dealkylation sites (N-methyl/N-ethyl adjacent to an activating group) is 1. The summed E-state index contributed by atoms with van der Waals surface area (Å²) in [6.45, 7) is 0.912. The first kappa shape index (κ1) is 19.2. The Morgan fingerprint density at radius 3 is 2.59 bits per heavy atom. The molecular formula is C23H26N4O2. The van der Waals surface area contributed by atoms with Crippen molar-refractivity contribution in [3.8, 4) is 5.75 Å². The summed E-state index contributed by atoms with van der Waals surface area (Å²) in [5.74, 6) is 0.124. The van der Waals surface area contributed by atoms with Crippen molar-refractivity contribution in [2.24, 2.45) is 5.73 Å². The third kappa shape index (κ3) is 4.04. The average Bonchev–Trinajstić information content (AvgIpc) is 3.31. The number of aromatic amines is 2. The van der Waals surface area contributed by atoms with Crippen molar-refractivity contribution >= 4 is 27.8 Å². The van der Waals surface area contributed by atoms with E-state index < -0.39 is 12.0 Å². The van der Waals surface area contributed by atoms with Crippen molar-refractivity contribution in [1.82, 2.24) is 14.9 Å². The van der Waals surface area contributed by atoms with Crippen LogP contribution in [-0.4, -0.2) is 47.5 Å². The number of rotatable bonds is 7. The van der Waals surface area contributed by atoms with Crippen LogP contribution in [0.2, 0.25) is 0 Å². The second kappa shape index (κ2) is 8.11. The minimum Gasteiger partial charge on any atom is -0.425 e. The van der Waals surface area contributed by atoms with E-state index in [2.05, 4.69) is 14.9 Å². The molecule has 0 aliphatic heterocycles. The molecular weight excluding hydrogens is 364 g/mol. The Morgan fingerprint density at radius 2 is 1.76 bits per heavy atom. The molecule has 0 aliphatic carbocycles. The highest BCUT2D eigenvalue weighted by Gasteiger charge is 2.20. The highest BCUT2D eigenvalue weighted by Crippen LogP contribution is 2.29. The Labute approximate surface area is 169 Å². The molecule has 29 heavy (non-hydrogen) atoms. The van der Waals surface area contributed by atoms with Gasteiger partial charge in [0.15, 0.2) is 0 Å². The van der Waals surface area contributed by atoms with Gasteiger partial charge in [-0.2, -0.15) is 0 Å². The second-order valence-corrected chi connectivity index (χ2v) is 7.64. The van der Waals surface area contributed by atoms with E-state index in [0.29, 0.717) is 12.2 Å². The number of nitrogens with two attached hydrogens (primary N) is 1. The van der Waals surface area contributed by atoms with Crippen LogP contribution in [0.25, 0.3) is 21.8 Å². The van der Waals surface area contributed by atoms with Crippen molar-refractivity contribution in [1.29, 1.82) is 0 Å². The predicted molar refractivity (Wildman–Crippen MR) is 116 cm³/mol. The Hall–Kier alpha value is -3.09. The van der Waals surface area contributed by atoms with Crippen molar-refractivity contribution < 1.29 is 9.53 Å². The molecule has 4 aromatic rings. The van der Waals surface area contributed by atoms with Crippen molar-refractivity contribution in [2.75, 3.05) is 20.6 Å². The summed E-state index contributed by atoms with van der Waals surface area (Å²) in [5.41, 5.74) is 10.3. The number of hydrogen-bond donors (Lipinski definition) is 3. The SMILES string of the molecule is CN(C)CCc1c[nH]c2cccc(OC(=O)C(N)Cc3c[nH]c4ccccc34)c12. The lowest BCUT2D eigenvalue weighted by atomic mass is 10.1. The Morgan fingerprint density at radius 1 is 1.03 bits per heavy atom. The Balaban J connectivity index is 1.53. The number of nitrogens with one attached hydrogen (secondary N) is 2. The van der Waals surface area contributed by atoms with Crippen molar-refractivity contribution in [3.05, 3.63) is 66.0 Å². The maximum atomic E-state index is 12.7. The number of ether oxygens (including phenoxy) is 1. The van der Waals surface area contributed by atoms with Gasteiger partial charge in [0.25, 0.3) is 0 Å². The van der Waals surface area contributed by atoms with E-state index in [0.717, 1.165) is 45.9 Å². The predicted octanol–water partition coefficient (Wildman–Crippen LogP) is 3.23. The summed E-state index contributed by atoms with van der Waals surface area (Å²) in [6.07, 6.45) is 5.17. The maximum absolute atomic E-state index is 12.7. The molecule has 4 N–H and O–H groups in total. The van der Waals surface area contributed by atoms with E-state index in [1.165, 1.54) is 0 Å². The average molecular weight is 390 g/mol. The van der Waals surface area contributed by atoms with Gasteiger partial charge in [-0.15, -0.1) is 0 Å². The maximum Gasteiger partial charge on any atom is 0.328 e. The van der Waals surface area contributed by atoms with Crippen LogP contribution in [0, 0.1) is 0 Å². The van der Waals surface area contributed by atoms with Crippen LogP contribution in [-0.2, 0) is 17.6 Å². The smallest absolute Gasteiger partial charge is 0.328 e. The molecule has 6 nitrogen and oxygen atoms in total. The largest absolute Gasteiger partial charge is 0.425 e. The van der Waals surface area contributed by atoms with Gasteiger partial charge >= 0.3 is 5.97 Å². The van der Waals surface area contributed by atoms with Crippen LogP contribution in [0.5, 0.6) is 5.75 Å². The third-order valence-electron chi connectivity index (χ3n) is 5.21. The standard InChI is InChI=1S/C23H26N4O2/c1-27(2)11-10-15-13-26-20-8-5-9-21(22(15)20)29-23(28)18(24)12-16-14-25-19-7-4-3-6-17(16)19/h3-9,13-14,18,25-26H,10-12,24H2,1-2H3. The first-order chi connectivity index (χ1) is 14.0. The lowest BCUT2D eigenvalue weighted by Crippen LogP contribution is -2.36. The van der Waals surface area contributed by atoms with Gasteiger partial charge in [0.05, 0.1) is 0 Å². The van der Waals surface area contributed by atoms with Crippen LogP contribution in [0.3, 0.4) is 0 Å². The zero-order valence-electron chi connectivity index (χ0n) is 16.7. The number of carbonyl (C=O) groups excluding carboxylic acids is 1. The van der Waals surface area contributed by atoms with Crippen LogP contribution in [0.4, 0.5) is 0 Å². The third-order valence-corrected chi connectivity index (χ3v) is 5.21. The minimum atomic E-state index is -0.742. The van der Waals surface area contributed by atoms with Gasteiger partial charge in [-0.3, -0.25) is 0 Å². The molecule has 150 valence electrons. The molecule has 0 amide bonds. The molecule has 2 aromatic heterocycles. The first-order valence-electron chi connectivity index (χ1n) is 9.79. The van der Waals surface area contributed by atoms with Gasteiger partial charge in [0.1, 0.15) is 11.8 Å². The monoisotopic (exact) mass is 390 g/mol. The molecule has 0 fully saturated rings. The number of hydrogen-bond acceptors (Lipinski definition) is 4. The lowest BCUT2D eigenvalue weighted by molar-refractivity contribution is -0.135. The molecule has 2 aromatic carbocycles. The fourth-order valence-corrected chi connectivity index (χ4v) is 3.65. The molecule has 4 rings (SSSR count). The zero-order valence-corrected chi connectivity index (χ0v) is 16.7. The molecule has 0 radical (unpaired) electrons. The zero-order chi connectivity index (χ0) is 20.4. The molecule has 0 saturated heterocycles. The highest BCUT2D eigenvalue weighted by molar-refractivity contribution is 5.92. The summed E-state index contributed by atoms with van der Waals surface area (Å²) in [6, 6.07) is 12.9. The first-order valence-corrected chi connectivity index (χ1v) is 9.79. The summed E-state index contributed by atoms with van der Waals surface area (Å²) >= 11 is 0. The van der Waals surface area contributed by atoms with Crippen molar-refractivity contribution in [2.45, 2.75) is 18.9 Å². The van der Waals surface area contributed by atoms with Crippen molar-refractivity contribution in [3.63, 3.8) is 0 Å². The van der Waals surface area contributed by atoms with E-state index in [4.69, 9.17) is 10.5 Å². The Bertz CT molecular complexity index is 1140. The number of para-hydroxylation sites is 1.